The molecule has 2 unspecified atom stereocenters. The van der Waals surface area contributed by atoms with Crippen LogP contribution >= 0.6 is 0 Å². The predicted molar refractivity (Wildman–Crippen MR) is 84.2 cm³/mol. The van der Waals surface area contributed by atoms with E-state index in [-0.39, 0.29) is 6.04 Å². The molecule has 2 nitrogen and oxygen atoms in total. The summed E-state index contributed by atoms with van der Waals surface area (Å²) in [6.45, 7) is 4.40. The molecule has 0 radical (unpaired) electrons. The van der Waals surface area contributed by atoms with Crippen LogP contribution in [0.1, 0.15) is 31.0 Å². The first-order valence-electron chi connectivity index (χ1n) is 7.13. The fourth-order valence-corrected chi connectivity index (χ4v) is 2.57. The third-order valence-electron chi connectivity index (χ3n) is 3.52. The minimum Gasteiger partial charge on any atom is -0.496 e. The van der Waals surface area contributed by atoms with Crippen molar-refractivity contribution in [2.45, 2.75) is 32.4 Å². The van der Waals surface area contributed by atoms with Crippen molar-refractivity contribution in [3.05, 3.63) is 65.7 Å². The van der Waals surface area contributed by atoms with Gasteiger partial charge in [-0.3, -0.25) is 0 Å². The summed E-state index contributed by atoms with van der Waals surface area (Å²) in [6.07, 6.45) is 1.03. The molecule has 2 aromatic carbocycles. The first-order valence-corrected chi connectivity index (χ1v) is 7.13. The zero-order valence-corrected chi connectivity index (χ0v) is 12.5. The normalized spacial score (nSPS) is 13.8. The first-order chi connectivity index (χ1) is 9.70. The van der Waals surface area contributed by atoms with E-state index in [1.807, 2.05) is 12.1 Å². The van der Waals surface area contributed by atoms with Crippen molar-refractivity contribution in [2.24, 2.45) is 0 Å². The summed E-state index contributed by atoms with van der Waals surface area (Å²) >= 11 is 0. The number of hydrogen-bond acceptors (Lipinski definition) is 2. The van der Waals surface area contributed by atoms with E-state index in [0.29, 0.717) is 6.04 Å². The molecule has 0 bridgehead atoms. The monoisotopic (exact) mass is 269 g/mol. The van der Waals surface area contributed by atoms with Gasteiger partial charge in [0, 0.05) is 17.6 Å². The highest BCUT2D eigenvalue weighted by atomic mass is 16.5. The van der Waals surface area contributed by atoms with E-state index in [1.54, 1.807) is 7.11 Å². The number of nitrogens with one attached hydrogen (secondary N) is 1. The second kappa shape index (κ2) is 7.11. The van der Waals surface area contributed by atoms with Gasteiger partial charge in [-0.2, -0.15) is 0 Å². The molecule has 2 heteroatoms. The van der Waals surface area contributed by atoms with E-state index < -0.39 is 0 Å². The van der Waals surface area contributed by atoms with Gasteiger partial charge >= 0.3 is 0 Å². The number of methoxy groups -OCH3 is 1. The van der Waals surface area contributed by atoms with Crippen molar-refractivity contribution in [1.29, 1.82) is 0 Å². The summed E-state index contributed by atoms with van der Waals surface area (Å²) in [4.78, 5) is 0. The molecule has 2 rings (SSSR count). The van der Waals surface area contributed by atoms with Crippen LogP contribution in [-0.4, -0.2) is 13.2 Å². The number of hydrogen-bond donors (Lipinski definition) is 1. The van der Waals surface area contributed by atoms with Crippen LogP contribution in [0.3, 0.4) is 0 Å². The van der Waals surface area contributed by atoms with Crippen LogP contribution in [0.4, 0.5) is 0 Å². The van der Waals surface area contributed by atoms with Gasteiger partial charge in [0.1, 0.15) is 5.75 Å². The molecule has 0 spiro atoms. The summed E-state index contributed by atoms with van der Waals surface area (Å²) in [6, 6.07) is 19.4. The molecule has 0 heterocycles. The Morgan fingerprint density at radius 2 is 1.60 bits per heavy atom. The number of benzene rings is 2. The summed E-state index contributed by atoms with van der Waals surface area (Å²) in [5.41, 5.74) is 2.56. The van der Waals surface area contributed by atoms with Gasteiger partial charge in [0.15, 0.2) is 0 Å². The molecule has 0 aromatic heterocycles. The van der Waals surface area contributed by atoms with Crippen molar-refractivity contribution in [3.8, 4) is 5.75 Å². The molecule has 20 heavy (non-hydrogen) atoms. The highest BCUT2D eigenvalue weighted by molar-refractivity contribution is 5.35. The van der Waals surface area contributed by atoms with Crippen LogP contribution < -0.4 is 10.1 Å². The first kappa shape index (κ1) is 14.6. The van der Waals surface area contributed by atoms with Crippen molar-refractivity contribution in [3.63, 3.8) is 0 Å². The summed E-state index contributed by atoms with van der Waals surface area (Å²) in [5, 5.41) is 3.64. The molecule has 0 saturated carbocycles. The van der Waals surface area contributed by atoms with Crippen molar-refractivity contribution in [1.82, 2.24) is 5.32 Å². The zero-order chi connectivity index (χ0) is 14.4. The number of para-hydroxylation sites is 1. The van der Waals surface area contributed by atoms with Crippen LogP contribution in [-0.2, 0) is 6.42 Å². The number of ether oxygens (including phenoxy) is 1. The lowest BCUT2D eigenvalue weighted by atomic mass is 10.0. The lowest BCUT2D eigenvalue weighted by molar-refractivity contribution is 0.395. The molecular weight excluding hydrogens is 246 g/mol. The maximum Gasteiger partial charge on any atom is 0.123 e. The standard InChI is InChI=1S/C18H23NO/c1-14(13-16-9-5-4-6-10-16)19-15(2)17-11-7-8-12-18(17)20-3/h4-12,14-15,19H,13H2,1-3H3. The van der Waals surface area contributed by atoms with E-state index in [1.165, 1.54) is 11.1 Å². The van der Waals surface area contributed by atoms with Crippen molar-refractivity contribution in [2.75, 3.05) is 7.11 Å². The van der Waals surface area contributed by atoms with E-state index in [0.717, 1.165) is 12.2 Å². The maximum atomic E-state index is 5.43. The van der Waals surface area contributed by atoms with E-state index in [4.69, 9.17) is 4.74 Å². The highest BCUT2D eigenvalue weighted by Crippen LogP contribution is 2.24. The van der Waals surface area contributed by atoms with Crippen LogP contribution in [0.5, 0.6) is 5.75 Å². The largest absolute Gasteiger partial charge is 0.496 e. The Morgan fingerprint density at radius 3 is 2.30 bits per heavy atom. The quantitative estimate of drug-likeness (QED) is 0.856. The Labute approximate surface area is 121 Å². The molecule has 2 aromatic rings. The lowest BCUT2D eigenvalue weighted by Gasteiger charge is -2.22. The van der Waals surface area contributed by atoms with Gasteiger partial charge < -0.3 is 10.1 Å². The fraction of sp³-hybridized carbons (Fsp3) is 0.333. The molecule has 0 aliphatic rings. The molecular formula is C18H23NO. The lowest BCUT2D eigenvalue weighted by Crippen LogP contribution is -2.30. The van der Waals surface area contributed by atoms with Gasteiger partial charge in [0.05, 0.1) is 7.11 Å². The molecule has 0 saturated heterocycles. The van der Waals surface area contributed by atoms with Gasteiger partial charge in [-0.25, -0.2) is 0 Å². The molecule has 106 valence electrons. The second-order valence-electron chi connectivity index (χ2n) is 5.22. The fourth-order valence-electron chi connectivity index (χ4n) is 2.57. The van der Waals surface area contributed by atoms with Gasteiger partial charge in [-0.15, -0.1) is 0 Å². The van der Waals surface area contributed by atoms with Crippen molar-refractivity contribution < 1.29 is 4.74 Å². The topological polar surface area (TPSA) is 21.3 Å². The van der Waals surface area contributed by atoms with Gasteiger partial charge in [0.2, 0.25) is 0 Å². The third kappa shape index (κ3) is 3.84. The molecule has 1 N–H and O–H groups in total. The minimum absolute atomic E-state index is 0.268. The van der Waals surface area contributed by atoms with Crippen LogP contribution in [0.15, 0.2) is 54.6 Å². The molecule has 0 aliphatic heterocycles. The molecule has 0 aliphatic carbocycles. The van der Waals surface area contributed by atoms with Crippen LogP contribution in [0.2, 0.25) is 0 Å². The number of rotatable bonds is 6. The average Bonchev–Trinajstić information content (AvgIpc) is 2.48. The van der Waals surface area contributed by atoms with Gasteiger partial charge in [-0.05, 0) is 31.9 Å². The van der Waals surface area contributed by atoms with Crippen LogP contribution in [0, 0.1) is 0 Å². The molecule has 0 fully saturated rings. The van der Waals surface area contributed by atoms with Gasteiger partial charge in [-0.1, -0.05) is 48.5 Å². The Morgan fingerprint density at radius 1 is 0.950 bits per heavy atom. The molecule has 0 amide bonds. The second-order valence-corrected chi connectivity index (χ2v) is 5.22. The highest BCUT2D eigenvalue weighted by Gasteiger charge is 2.13. The Bertz CT molecular complexity index is 524. The Balaban J connectivity index is 1.98. The average molecular weight is 269 g/mol. The smallest absolute Gasteiger partial charge is 0.123 e. The summed E-state index contributed by atoms with van der Waals surface area (Å²) < 4.78 is 5.43. The third-order valence-corrected chi connectivity index (χ3v) is 3.52. The van der Waals surface area contributed by atoms with E-state index in [2.05, 4.69) is 61.6 Å². The SMILES string of the molecule is COc1ccccc1C(C)NC(C)Cc1ccccc1. The Kier molecular flexibility index (Phi) is 5.19. The van der Waals surface area contributed by atoms with E-state index >= 15 is 0 Å². The molecule has 2 atom stereocenters. The van der Waals surface area contributed by atoms with E-state index in [9.17, 15) is 0 Å². The minimum atomic E-state index is 0.268. The van der Waals surface area contributed by atoms with Crippen molar-refractivity contribution >= 4 is 0 Å². The Hall–Kier alpha value is -1.80. The zero-order valence-electron chi connectivity index (χ0n) is 12.5. The van der Waals surface area contributed by atoms with Gasteiger partial charge in [0.25, 0.3) is 0 Å². The van der Waals surface area contributed by atoms with Crippen LogP contribution in [0.25, 0.3) is 0 Å². The summed E-state index contributed by atoms with van der Waals surface area (Å²) in [7, 11) is 1.72. The predicted octanol–water partition coefficient (Wildman–Crippen LogP) is 3.98. The maximum absolute atomic E-state index is 5.43. The summed E-state index contributed by atoms with van der Waals surface area (Å²) in [5.74, 6) is 0.944.